The molecule has 2 aromatic heterocycles. The molecule has 0 bridgehead atoms. The molecule has 0 spiro atoms. The fourth-order valence-electron chi connectivity index (χ4n) is 10.0. The summed E-state index contributed by atoms with van der Waals surface area (Å²) >= 11 is 0. The summed E-state index contributed by atoms with van der Waals surface area (Å²) < 4.78 is 4.40. The van der Waals surface area contributed by atoms with Gasteiger partial charge < -0.3 is 9.13 Å². The molecule has 11 rings (SSSR count). The Morgan fingerprint density at radius 1 is 0.407 bits per heavy atom. The molecular weight excluding hydrogens is 657 g/mol. The average molecular weight is 691 g/mol. The topological polar surface area (TPSA) is 57.4 Å². The van der Waals surface area contributed by atoms with E-state index in [2.05, 4.69) is 164 Å². The molecule has 254 valence electrons. The van der Waals surface area contributed by atoms with E-state index in [1.54, 1.807) is 0 Å². The number of hydrogen-bond acceptors (Lipinski definition) is 2. The van der Waals surface area contributed by atoms with Crippen LogP contribution in [0.1, 0.15) is 61.1 Å². The van der Waals surface area contributed by atoms with E-state index in [0.29, 0.717) is 16.8 Å². The summed E-state index contributed by atoms with van der Waals surface area (Å²) in [5, 5.41) is 26.5. The molecule has 54 heavy (non-hydrogen) atoms. The fourth-order valence-corrected chi connectivity index (χ4v) is 10.0. The highest BCUT2D eigenvalue weighted by Crippen LogP contribution is 2.53. The molecule has 0 atom stereocenters. The van der Waals surface area contributed by atoms with Crippen molar-refractivity contribution in [2.24, 2.45) is 0 Å². The molecule has 7 aromatic carbocycles. The van der Waals surface area contributed by atoms with Crippen molar-refractivity contribution in [3.8, 4) is 45.8 Å². The summed E-state index contributed by atoms with van der Waals surface area (Å²) in [4.78, 5) is 0. The van der Waals surface area contributed by atoms with Gasteiger partial charge in [0.15, 0.2) is 0 Å². The van der Waals surface area contributed by atoms with Crippen LogP contribution < -0.4 is 0 Å². The molecule has 0 saturated carbocycles. The fraction of sp³-hybridized carbons (Fsp3) is 0.120. The maximum absolute atomic E-state index is 11.0. The molecule has 2 aliphatic rings. The van der Waals surface area contributed by atoms with E-state index in [-0.39, 0.29) is 10.8 Å². The van der Waals surface area contributed by atoms with Crippen LogP contribution in [0, 0.1) is 22.7 Å². The zero-order chi connectivity index (χ0) is 36.7. The number of rotatable bonds is 2. The molecule has 0 saturated heterocycles. The Bertz CT molecular complexity index is 3210. The standard InChI is InChI=1S/C50H34N4/c1-49(2)40-17-9-5-13-32(40)36-23-38-34-15-7-11-19-44(34)53(46(38)25-42(36)49)31-21-29(27-51)48(30(22-31)28-52)54-45-20-12-8-16-35(45)39-24-37-33-14-6-10-18-41(33)50(3,4)43(37)26-47(39)54/h5-26H,1-4H3. The smallest absolute Gasteiger partial charge is 0.101 e. The Hall–Kier alpha value is -6.88. The molecule has 0 radical (unpaired) electrons. The molecule has 0 unspecified atom stereocenters. The summed E-state index contributed by atoms with van der Waals surface area (Å²) in [5.41, 5.74) is 16.2. The van der Waals surface area contributed by atoms with E-state index in [9.17, 15) is 10.5 Å². The van der Waals surface area contributed by atoms with Gasteiger partial charge in [0.05, 0.1) is 38.9 Å². The van der Waals surface area contributed by atoms with Crippen molar-refractivity contribution >= 4 is 43.6 Å². The van der Waals surface area contributed by atoms with Gasteiger partial charge >= 0.3 is 0 Å². The van der Waals surface area contributed by atoms with Gasteiger partial charge in [0, 0.05) is 38.1 Å². The SMILES string of the molecule is CC1(C)c2ccccc2-c2cc3c4ccccc4n(-c4cc(C#N)c(-n5c6ccccc6c6cc7c(cc65)C(C)(C)c5ccccc5-7)c(C#N)c4)c3cc21. The molecule has 0 amide bonds. The summed E-state index contributed by atoms with van der Waals surface area (Å²) in [6.45, 7) is 9.17. The lowest BCUT2D eigenvalue weighted by Gasteiger charge is -2.22. The van der Waals surface area contributed by atoms with Gasteiger partial charge in [0.1, 0.15) is 12.1 Å². The maximum Gasteiger partial charge on any atom is 0.101 e. The number of para-hydroxylation sites is 2. The van der Waals surface area contributed by atoms with E-state index >= 15 is 0 Å². The first-order valence-corrected chi connectivity index (χ1v) is 18.6. The molecule has 0 aliphatic heterocycles. The van der Waals surface area contributed by atoms with Crippen LogP contribution >= 0.6 is 0 Å². The predicted octanol–water partition coefficient (Wildman–Crippen LogP) is 12.2. The van der Waals surface area contributed by atoms with Gasteiger partial charge in [-0.05, 0) is 93.0 Å². The van der Waals surface area contributed by atoms with Gasteiger partial charge in [-0.3, -0.25) is 0 Å². The van der Waals surface area contributed by atoms with E-state index in [0.717, 1.165) is 49.3 Å². The third-order valence-electron chi connectivity index (χ3n) is 12.6. The number of hydrogen-bond donors (Lipinski definition) is 0. The number of nitrogens with zero attached hydrogens (tertiary/aromatic N) is 4. The minimum Gasteiger partial charge on any atom is -0.309 e. The zero-order valence-corrected chi connectivity index (χ0v) is 30.5. The lowest BCUT2D eigenvalue weighted by Crippen LogP contribution is -2.15. The predicted molar refractivity (Wildman–Crippen MR) is 220 cm³/mol. The maximum atomic E-state index is 11.0. The quantitative estimate of drug-likeness (QED) is 0.181. The van der Waals surface area contributed by atoms with Crippen molar-refractivity contribution < 1.29 is 0 Å². The molecular formula is C50H34N4. The Balaban J connectivity index is 1.19. The summed E-state index contributed by atoms with van der Waals surface area (Å²) in [5.74, 6) is 0. The third-order valence-corrected chi connectivity index (χ3v) is 12.6. The highest BCUT2D eigenvalue weighted by molar-refractivity contribution is 6.13. The number of benzene rings is 7. The molecule has 2 heterocycles. The Labute approximate surface area is 313 Å². The number of aromatic nitrogens is 2. The van der Waals surface area contributed by atoms with Crippen LogP contribution in [-0.4, -0.2) is 9.13 Å². The second-order valence-electron chi connectivity index (χ2n) is 16.0. The van der Waals surface area contributed by atoms with E-state index in [1.165, 1.54) is 44.5 Å². The number of fused-ring (bicyclic) bond motifs is 12. The Morgan fingerprint density at radius 3 is 1.33 bits per heavy atom. The largest absolute Gasteiger partial charge is 0.309 e. The van der Waals surface area contributed by atoms with Crippen molar-refractivity contribution in [3.63, 3.8) is 0 Å². The lowest BCUT2D eigenvalue weighted by molar-refractivity contribution is 0.661. The van der Waals surface area contributed by atoms with Crippen molar-refractivity contribution in [1.82, 2.24) is 9.13 Å². The lowest BCUT2D eigenvalue weighted by atomic mass is 9.82. The molecule has 2 aliphatic carbocycles. The molecule has 0 fully saturated rings. The summed E-state index contributed by atoms with van der Waals surface area (Å²) in [6, 6.07) is 52.6. The Morgan fingerprint density at radius 2 is 0.833 bits per heavy atom. The first kappa shape index (κ1) is 30.7. The van der Waals surface area contributed by atoms with Crippen LogP contribution in [0.4, 0.5) is 0 Å². The Kier molecular flexibility index (Phi) is 5.90. The van der Waals surface area contributed by atoms with Crippen LogP contribution in [0.15, 0.2) is 133 Å². The van der Waals surface area contributed by atoms with E-state index < -0.39 is 0 Å². The van der Waals surface area contributed by atoms with Crippen molar-refractivity contribution in [2.75, 3.05) is 0 Å². The monoisotopic (exact) mass is 690 g/mol. The molecule has 4 heteroatoms. The highest BCUT2D eigenvalue weighted by Gasteiger charge is 2.38. The zero-order valence-electron chi connectivity index (χ0n) is 30.5. The minimum atomic E-state index is -0.200. The molecule has 4 nitrogen and oxygen atoms in total. The first-order valence-electron chi connectivity index (χ1n) is 18.6. The third kappa shape index (κ3) is 3.75. The highest BCUT2D eigenvalue weighted by atomic mass is 15.0. The van der Waals surface area contributed by atoms with E-state index in [4.69, 9.17) is 0 Å². The van der Waals surface area contributed by atoms with Gasteiger partial charge in [-0.2, -0.15) is 10.5 Å². The second kappa shape index (κ2) is 10.4. The van der Waals surface area contributed by atoms with Crippen molar-refractivity contribution in [2.45, 2.75) is 38.5 Å². The van der Waals surface area contributed by atoms with Crippen LogP contribution in [0.5, 0.6) is 0 Å². The van der Waals surface area contributed by atoms with Gasteiger partial charge in [0.25, 0.3) is 0 Å². The second-order valence-corrected chi connectivity index (χ2v) is 16.0. The van der Waals surface area contributed by atoms with Crippen molar-refractivity contribution in [1.29, 1.82) is 10.5 Å². The average Bonchev–Trinajstić information content (AvgIpc) is 3.84. The van der Waals surface area contributed by atoms with Gasteiger partial charge in [-0.25, -0.2) is 0 Å². The first-order chi connectivity index (χ1) is 26.2. The summed E-state index contributed by atoms with van der Waals surface area (Å²) in [6.07, 6.45) is 0. The van der Waals surface area contributed by atoms with Crippen LogP contribution in [0.2, 0.25) is 0 Å². The van der Waals surface area contributed by atoms with Gasteiger partial charge in [-0.1, -0.05) is 113 Å². The van der Waals surface area contributed by atoms with Crippen LogP contribution in [0.25, 0.3) is 77.2 Å². The van der Waals surface area contributed by atoms with Gasteiger partial charge in [0.2, 0.25) is 0 Å². The normalized spacial score (nSPS) is 14.6. The van der Waals surface area contributed by atoms with Crippen molar-refractivity contribution in [3.05, 3.63) is 167 Å². The minimum absolute atomic E-state index is 0.173. The molecule has 9 aromatic rings. The van der Waals surface area contributed by atoms with Gasteiger partial charge in [-0.15, -0.1) is 0 Å². The number of nitriles is 2. The molecule has 0 N–H and O–H groups in total. The van der Waals surface area contributed by atoms with E-state index in [1.807, 2.05) is 18.2 Å². The van der Waals surface area contributed by atoms with Crippen LogP contribution in [0.3, 0.4) is 0 Å². The van der Waals surface area contributed by atoms with Crippen LogP contribution in [-0.2, 0) is 10.8 Å². The summed E-state index contributed by atoms with van der Waals surface area (Å²) in [7, 11) is 0.